The third-order valence-electron chi connectivity index (χ3n) is 4.38. The molecule has 2 amide bonds. The molecule has 2 N–H and O–H groups in total. The molecule has 0 aromatic carbocycles. The van der Waals surface area contributed by atoms with E-state index < -0.39 is 0 Å². The lowest BCUT2D eigenvalue weighted by atomic mass is 10.2. The van der Waals surface area contributed by atoms with Crippen molar-refractivity contribution in [3.63, 3.8) is 0 Å². The fourth-order valence-corrected chi connectivity index (χ4v) is 3.03. The van der Waals surface area contributed by atoms with Crippen molar-refractivity contribution < 1.29 is 14.3 Å². The lowest BCUT2D eigenvalue weighted by Gasteiger charge is -2.17. The predicted molar refractivity (Wildman–Crippen MR) is 92.2 cm³/mol. The number of H-pyrrole nitrogens is 1. The van der Waals surface area contributed by atoms with Crippen LogP contribution in [-0.4, -0.2) is 64.5 Å². The molecule has 1 saturated heterocycles. The van der Waals surface area contributed by atoms with Crippen LogP contribution in [0.5, 0.6) is 0 Å². The largest absolute Gasteiger partial charge is 0.384 e. The number of aromatic nitrogens is 3. The first-order valence-electron chi connectivity index (χ1n) is 8.53. The zero-order valence-electron chi connectivity index (χ0n) is 14.5. The van der Waals surface area contributed by atoms with Gasteiger partial charge in [-0.25, -0.2) is 9.97 Å². The minimum atomic E-state index is -0.0626. The minimum absolute atomic E-state index is 0.0152. The fourth-order valence-electron chi connectivity index (χ4n) is 3.03. The Morgan fingerprint density at radius 2 is 2.32 bits per heavy atom. The van der Waals surface area contributed by atoms with Gasteiger partial charge >= 0.3 is 0 Å². The number of nitrogens with zero attached hydrogens (tertiary/aromatic N) is 3. The number of aryl methyl sites for hydroxylation is 1. The number of amides is 2. The van der Waals surface area contributed by atoms with Crippen LogP contribution in [-0.2, 0) is 16.0 Å². The maximum Gasteiger partial charge on any atom is 0.256 e. The van der Waals surface area contributed by atoms with E-state index in [1.807, 2.05) is 6.92 Å². The maximum atomic E-state index is 12.9. The van der Waals surface area contributed by atoms with E-state index in [9.17, 15) is 9.59 Å². The van der Waals surface area contributed by atoms with Crippen molar-refractivity contribution in [1.82, 2.24) is 25.2 Å². The maximum absolute atomic E-state index is 12.9. The zero-order valence-corrected chi connectivity index (χ0v) is 14.5. The molecule has 0 spiro atoms. The van der Waals surface area contributed by atoms with Gasteiger partial charge in [-0.1, -0.05) is 6.92 Å². The van der Waals surface area contributed by atoms with Crippen LogP contribution in [0.4, 0.5) is 0 Å². The van der Waals surface area contributed by atoms with Crippen molar-refractivity contribution in [2.75, 3.05) is 26.8 Å². The Kier molecular flexibility index (Phi) is 5.28. The topological polar surface area (TPSA) is 100 Å². The molecule has 0 unspecified atom stereocenters. The third-order valence-corrected chi connectivity index (χ3v) is 4.38. The van der Waals surface area contributed by atoms with Gasteiger partial charge in [0, 0.05) is 45.3 Å². The highest BCUT2D eigenvalue weighted by Gasteiger charge is 2.29. The fraction of sp³-hybridized carbons (Fsp3) is 0.529. The molecule has 1 fully saturated rings. The number of fused-ring (bicyclic) bond motifs is 1. The second-order valence-corrected chi connectivity index (χ2v) is 6.14. The highest BCUT2D eigenvalue weighted by Crippen LogP contribution is 2.19. The van der Waals surface area contributed by atoms with Gasteiger partial charge in [0.15, 0.2) is 5.65 Å². The second-order valence-electron chi connectivity index (χ2n) is 6.14. The van der Waals surface area contributed by atoms with Gasteiger partial charge in [-0.3, -0.25) is 9.59 Å². The Morgan fingerprint density at radius 1 is 1.48 bits per heavy atom. The number of carbonyl (C=O) groups excluding carboxylic acids is 2. The molecule has 8 nitrogen and oxygen atoms in total. The van der Waals surface area contributed by atoms with Gasteiger partial charge in [-0.2, -0.15) is 0 Å². The first-order chi connectivity index (χ1) is 12.1. The molecule has 0 saturated carbocycles. The summed E-state index contributed by atoms with van der Waals surface area (Å²) in [4.78, 5) is 38.2. The number of imidazole rings is 1. The van der Waals surface area contributed by atoms with E-state index in [4.69, 9.17) is 4.74 Å². The average Bonchev–Trinajstić information content (AvgIpc) is 3.25. The summed E-state index contributed by atoms with van der Waals surface area (Å²) in [6.07, 6.45) is 3.45. The number of ether oxygens (including phenoxy) is 1. The van der Waals surface area contributed by atoms with Crippen molar-refractivity contribution in [3.05, 3.63) is 23.7 Å². The monoisotopic (exact) mass is 345 g/mol. The first-order valence-corrected chi connectivity index (χ1v) is 8.53. The molecule has 2 aromatic heterocycles. The summed E-state index contributed by atoms with van der Waals surface area (Å²) in [5.41, 5.74) is 1.81. The van der Waals surface area contributed by atoms with Crippen molar-refractivity contribution in [2.45, 2.75) is 32.2 Å². The summed E-state index contributed by atoms with van der Waals surface area (Å²) in [7, 11) is 1.57. The normalized spacial score (nSPS) is 17.2. The standard InChI is InChI=1S/C17H23N5O3/c1-3-13-20-15-12(4-7-18-16(15)21-13)17(24)22-8-5-11(10-22)19-14(23)6-9-25-2/h4,7,11H,3,5-6,8-10H2,1-2H3,(H,19,23)(H,18,20,21)/t11-/m0/s1. The van der Waals surface area contributed by atoms with Crippen LogP contribution in [0.2, 0.25) is 0 Å². The molecular weight excluding hydrogens is 322 g/mol. The smallest absolute Gasteiger partial charge is 0.256 e. The first kappa shape index (κ1) is 17.3. The van der Waals surface area contributed by atoms with Gasteiger partial charge < -0.3 is 19.9 Å². The van der Waals surface area contributed by atoms with Gasteiger partial charge in [0.2, 0.25) is 5.91 Å². The molecule has 1 aliphatic rings. The van der Waals surface area contributed by atoms with E-state index in [1.165, 1.54) is 0 Å². The minimum Gasteiger partial charge on any atom is -0.384 e. The van der Waals surface area contributed by atoms with Crippen molar-refractivity contribution >= 4 is 23.0 Å². The lowest BCUT2D eigenvalue weighted by molar-refractivity contribution is -0.122. The predicted octanol–water partition coefficient (Wildman–Crippen LogP) is 0.887. The molecule has 1 aliphatic heterocycles. The molecule has 1 atom stereocenters. The van der Waals surface area contributed by atoms with Crippen LogP contribution >= 0.6 is 0 Å². The van der Waals surface area contributed by atoms with Gasteiger partial charge in [-0.05, 0) is 12.5 Å². The van der Waals surface area contributed by atoms with Crippen molar-refractivity contribution in [1.29, 1.82) is 0 Å². The van der Waals surface area contributed by atoms with Gasteiger partial charge in [-0.15, -0.1) is 0 Å². The molecule has 0 bridgehead atoms. The van der Waals surface area contributed by atoms with E-state index in [1.54, 1.807) is 24.3 Å². The number of pyridine rings is 1. The number of hydrogen-bond acceptors (Lipinski definition) is 5. The van der Waals surface area contributed by atoms with Gasteiger partial charge in [0.05, 0.1) is 17.7 Å². The number of hydrogen-bond donors (Lipinski definition) is 2. The average molecular weight is 345 g/mol. The zero-order chi connectivity index (χ0) is 17.8. The molecule has 3 heterocycles. The summed E-state index contributed by atoms with van der Waals surface area (Å²) < 4.78 is 4.91. The van der Waals surface area contributed by atoms with Crippen LogP contribution in [0, 0.1) is 0 Å². The van der Waals surface area contributed by atoms with E-state index in [-0.39, 0.29) is 17.9 Å². The third kappa shape index (κ3) is 3.79. The number of carbonyl (C=O) groups is 2. The summed E-state index contributed by atoms with van der Waals surface area (Å²) in [6.45, 7) is 3.52. The van der Waals surface area contributed by atoms with Crippen LogP contribution in [0.15, 0.2) is 12.3 Å². The van der Waals surface area contributed by atoms with Crippen LogP contribution < -0.4 is 5.32 Å². The van der Waals surface area contributed by atoms with E-state index >= 15 is 0 Å². The van der Waals surface area contributed by atoms with Crippen molar-refractivity contribution in [2.24, 2.45) is 0 Å². The lowest BCUT2D eigenvalue weighted by Crippen LogP contribution is -2.38. The van der Waals surface area contributed by atoms with Crippen molar-refractivity contribution in [3.8, 4) is 0 Å². The number of nitrogens with one attached hydrogen (secondary N) is 2. The molecule has 2 aromatic rings. The van der Waals surface area contributed by atoms with E-state index in [2.05, 4.69) is 20.3 Å². The molecule has 8 heteroatoms. The number of likely N-dealkylation sites (tertiary alicyclic amines) is 1. The second kappa shape index (κ2) is 7.60. The molecule has 134 valence electrons. The molecule has 0 aliphatic carbocycles. The molecule has 25 heavy (non-hydrogen) atoms. The molecular formula is C17H23N5O3. The summed E-state index contributed by atoms with van der Waals surface area (Å²) in [6, 6.07) is 1.70. The Labute approximate surface area is 146 Å². The Bertz CT molecular complexity index is 773. The summed E-state index contributed by atoms with van der Waals surface area (Å²) in [5.74, 6) is 0.702. The van der Waals surface area contributed by atoms with Crippen LogP contribution in [0.1, 0.15) is 35.9 Å². The number of methoxy groups -OCH3 is 1. The molecule has 0 radical (unpaired) electrons. The molecule has 3 rings (SSSR count). The summed E-state index contributed by atoms with van der Waals surface area (Å²) in [5, 5.41) is 2.96. The van der Waals surface area contributed by atoms with Gasteiger partial charge in [0.1, 0.15) is 5.82 Å². The highest BCUT2D eigenvalue weighted by molar-refractivity contribution is 6.04. The number of aromatic amines is 1. The SMILES string of the molecule is CCc1nc2nccc(C(=O)N3CC[C@H](NC(=O)CCOC)C3)c2[nH]1. The van der Waals surface area contributed by atoms with Gasteiger partial charge in [0.25, 0.3) is 5.91 Å². The van der Waals surface area contributed by atoms with Crippen LogP contribution in [0.25, 0.3) is 11.2 Å². The Balaban J connectivity index is 1.68. The summed E-state index contributed by atoms with van der Waals surface area (Å²) >= 11 is 0. The van der Waals surface area contributed by atoms with Crippen LogP contribution in [0.3, 0.4) is 0 Å². The Morgan fingerprint density at radius 3 is 3.08 bits per heavy atom. The van der Waals surface area contributed by atoms with E-state index in [0.717, 1.165) is 18.7 Å². The quantitative estimate of drug-likeness (QED) is 0.810. The Hall–Kier alpha value is -2.48. The van der Waals surface area contributed by atoms with E-state index in [0.29, 0.717) is 42.8 Å². The number of rotatable bonds is 6. The highest BCUT2D eigenvalue weighted by atomic mass is 16.5.